The Morgan fingerprint density at radius 1 is 1.21 bits per heavy atom. The van der Waals surface area contributed by atoms with Crippen molar-refractivity contribution in [3.63, 3.8) is 0 Å². The number of ether oxygens (including phenoxy) is 1. The zero-order valence-corrected chi connectivity index (χ0v) is 16.6. The van der Waals surface area contributed by atoms with Gasteiger partial charge in [-0.15, -0.1) is 0 Å². The van der Waals surface area contributed by atoms with E-state index >= 15 is 0 Å². The van der Waals surface area contributed by atoms with Crippen LogP contribution in [-0.2, 0) is 9.53 Å². The van der Waals surface area contributed by atoms with Crippen molar-refractivity contribution < 1.29 is 14.3 Å². The average Bonchev–Trinajstić information content (AvgIpc) is 3.53. The number of anilines is 3. The van der Waals surface area contributed by atoms with Crippen LogP contribution in [0.2, 0.25) is 0 Å². The summed E-state index contributed by atoms with van der Waals surface area (Å²) in [4.78, 5) is 35.3. The topological polar surface area (TPSA) is 96.5 Å². The van der Waals surface area contributed by atoms with Gasteiger partial charge < -0.3 is 20.3 Å². The first-order chi connectivity index (χ1) is 13.9. The van der Waals surface area contributed by atoms with E-state index in [0.717, 1.165) is 25.1 Å². The molecule has 0 spiro atoms. The number of aromatic nitrogens is 2. The van der Waals surface area contributed by atoms with Gasteiger partial charge in [-0.2, -0.15) is 0 Å². The molecule has 0 bridgehead atoms. The van der Waals surface area contributed by atoms with Crippen molar-refractivity contribution >= 4 is 29.0 Å². The number of morpholine rings is 1. The molecule has 2 aliphatic rings. The highest BCUT2D eigenvalue weighted by molar-refractivity contribution is 6.06. The van der Waals surface area contributed by atoms with Gasteiger partial charge in [0.05, 0.1) is 29.8 Å². The molecule has 3 heterocycles. The number of hydrogen-bond acceptors (Lipinski definition) is 6. The maximum Gasteiger partial charge on any atom is 0.255 e. The third-order valence-electron chi connectivity index (χ3n) is 5.03. The third kappa shape index (κ3) is 4.71. The van der Waals surface area contributed by atoms with Crippen LogP contribution in [0.4, 0.5) is 17.2 Å². The monoisotopic (exact) mass is 395 g/mol. The molecule has 2 aromatic rings. The molecule has 2 amide bonds. The van der Waals surface area contributed by atoms with Gasteiger partial charge >= 0.3 is 0 Å². The van der Waals surface area contributed by atoms with Crippen LogP contribution in [-0.4, -0.2) is 47.1 Å². The van der Waals surface area contributed by atoms with E-state index in [1.165, 1.54) is 6.20 Å². The Labute approximate surface area is 169 Å². The van der Waals surface area contributed by atoms with Gasteiger partial charge in [0.15, 0.2) is 0 Å². The second-order valence-electron chi connectivity index (χ2n) is 8.07. The number of rotatable bonds is 5. The molecule has 8 nitrogen and oxygen atoms in total. The van der Waals surface area contributed by atoms with E-state index in [9.17, 15) is 9.59 Å². The summed E-state index contributed by atoms with van der Waals surface area (Å²) in [5.41, 5.74) is 1.70. The highest BCUT2D eigenvalue weighted by Crippen LogP contribution is 2.31. The molecule has 1 aliphatic carbocycles. The van der Waals surface area contributed by atoms with Crippen LogP contribution in [0.5, 0.6) is 0 Å². The molecule has 8 heteroatoms. The van der Waals surface area contributed by atoms with E-state index in [0.29, 0.717) is 30.2 Å². The fourth-order valence-electron chi connectivity index (χ4n) is 3.39. The molecule has 4 rings (SSSR count). The molecular formula is C21H25N5O3. The van der Waals surface area contributed by atoms with Crippen LogP contribution in [0.1, 0.15) is 37.0 Å². The lowest BCUT2D eigenvalue weighted by atomic mass is 10.1. The summed E-state index contributed by atoms with van der Waals surface area (Å²) in [6, 6.07) is 5.10. The van der Waals surface area contributed by atoms with Crippen molar-refractivity contribution in [2.45, 2.75) is 32.3 Å². The fourth-order valence-corrected chi connectivity index (χ4v) is 3.39. The molecule has 2 fully saturated rings. The quantitative estimate of drug-likeness (QED) is 0.808. The predicted molar refractivity (Wildman–Crippen MR) is 110 cm³/mol. The molecule has 29 heavy (non-hydrogen) atoms. The van der Waals surface area contributed by atoms with Crippen molar-refractivity contribution in [3.8, 4) is 0 Å². The number of nitrogens with zero attached hydrogens (tertiary/aromatic N) is 3. The lowest BCUT2D eigenvalue weighted by molar-refractivity contribution is -0.117. The van der Waals surface area contributed by atoms with Crippen LogP contribution < -0.4 is 15.5 Å². The number of nitrogens with one attached hydrogen (secondary N) is 2. The van der Waals surface area contributed by atoms with E-state index in [1.54, 1.807) is 24.5 Å². The van der Waals surface area contributed by atoms with Gasteiger partial charge in [0.2, 0.25) is 5.91 Å². The first-order valence-corrected chi connectivity index (χ1v) is 9.82. The molecular weight excluding hydrogens is 370 g/mol. The summed E-state index contributed by atoms with van der Waals surface area (Å²) >= 11 is 0. The molecule has 0 radical (unpaired) electrons. The van der Waals surface area contributed by atoms with Crippen LogP contribution >= 0.6 is 0 Å². The minimum Gasteiger partial charge on any atom is -0.372 e. The van der Waals surface area contributed by atoms with Gasteiger partial charge in [0, 0.05) is 37.0 Å². The first kappa shape index (κ1) is 19.3. The normalized spacial score (nSPS) is 18.2. The Balaban J connectivity index is 1.49. The molecule has 0 atom stereocenters. The van der Waals surface area contributed by atoms with Crippen molar-refractivity contribution in [1.82, 2.24) is 9.97 Å². The summed E-state index contributed by atoms with van der Waals surface area (Å²) in [6.45, 7) is 6.17. The van der Waals surface area contributed by atoms with Gasteiger partial charge in [-0.1, -0.05) is 0 Å². The summed E-state index contributed by atoms with van der Waals surface area (Å²) in [5, 5.41) is 5.71. The molecule has 0 aromatic carbocycles. The molecule has 152 valence electrons. The maximum atomic E-state index is 12.8. The standard InChI is InChI=1S/C21H25N5O3/c1-21(2)13-26(9-10-29-21)17-6-7-22-12-16(17)24-20(28)15-5-8-23-18(11-15)25-19(27)14-3-4-14/h5-8,11-12,14H,3-4,9-10,13H2,1-2H3,(H,24,28)(H,23,25,27). The van der Waals surface area contributed by atoms with Crippen molar-refractivity contribution in [2.24, 2.45) is 5.92 Å². The highest BCUT2D eigenvalue weighted by atomic mass is 16.5. The SMILES string of the molecule is CC1(C)CN(c2ccncc2NC(=O)c2ccnc(NC(=O)C3CC3)c2)CCO1. The van der Waals surface area contributed by atoms with E-state index in [-0.39, 0.29) is 23.3 Å². The third-order valence-corrected chi connectivity index (χ3v) is 5.03. The van der Waals surface area contributed by atoms with Crippen molar-refractivity contribution in [3.05, 3.63) is 42.4 Å². The van der Waals surface area contributed by atoms with E-state index < -0.39 is 0 Å². The number of hydrogen-bond donors (Lipinski definition) is 2. The largest absolute Gasteiger partial charge is 0.372 e. The Hall–Kier alpha value is -3.00. The molecule has 2 aromatic heterocycles. The Bertz CT molecular complexity index is 926. The van der Waals surface area contributed by atoms with Gasteiger partial charge in [-0.05, 0) is 44.9 Å². The number of pyridine rings is 2. The Kier molecular flexibility index (Phi) is 5.19. The summed E-state index contributed by atoms with van der Waals surface area (Å²) in [6.07, 6.45) is 6.70. The fraction of sp³-hybridized carbons (Fsp3) is 0.429. The summed E-state index contributed by atoms with van der Waals surface area (Å²) < 4.78 is 5.79. The average molecular weight is 395 g/mol. The van der Waals surface area contributed by atoms with E-state index in [2.05, 4.69) is 25.5 Å². The zero-order chi connectivity index (χ0) is 20.4. The highest BCUT2D eigenvalue weighted by Gasteiger charge is 2.30. The molecule has 1 saturated carbocycles. The minimum atomic E-state index is -0.281. The van der Waals surface area contributed by atoms with Gasteiger partial charge in [-0.25, -0.2) is 4.98 Å². The zero-order valence-electron chi connectivity index (χ0n) is 16.6. The lowest BCUT2D eigenvalue weighted by Gasteiger charge is -2.40. The first-order valence-electron chi connectivity index (χ1n) is 9.82. The second kappa shape index (κ2) is 7.79. The van der Waals surface area contributed by atoms with Crippen LogP contribution in [0.3, 0.4) is 0 Å². The van der Waals surface area contributed by atoms with Crippen molar-refractivity contribution in [2.75, 3.05) is 35.2 Å². The number of amides is 2. The smallest absolute Gasteiger partial charge is 0.255 e. The Morgan fingerprint density at radius 2 is 2.03 bits per heavy atom. The lowest BCUT2D eigenvalue weighted by Crippen LogP contribution is -2.48. The molecule has 1 aliphatic heterocycles. The number of carbonyl (C=O) groups excluding carboxylic acids is 2. The summed E-state index contributed by atoms with van der Waals surface area (Å²) in [5.74, 6) is 0.136. The predicted octanol–water partition coefficient (Wildman–Crippen LogP) is 2.69. The Morgan fingerprint density at radius 3 is 2.79 bits per heavy atom. The van der Waals surface area contributed by atoms with Gasteiger partial charge in [0.25, 0.3) is 5.91 Å². The molecule has 2 N–H and O–H groups in total. The van der Waals surface area contributed by atoms with E-state index in [4.69, 9.17) is 4.74 Å². The number of carbonyl (C=O) groups is 2. The van der Waals surface area contributed by atoms with Crippen molar-refractivity contribution in [1.29, 1.82) is 0 Å². The minimum absolute atomic E-state index is 0.0421. The maximum absolute atomic E-state index is 12.8. The van der Waals surface area contributed by atoms with Gasteiger partial charge in [0.1, 0.15) is 5.82 Å². The molecule has 1 saturated heterocycles. The van der Waals surface area contributed by atoms with Gasteiger partial charge in [-0.3, -0.25) is 14.6 Å². The summed E-state index contributed by atoms with van der Waals surface area (Å²) in [7, 11) is 0. The van der Waals surface area contributed by atoms with E-state index in [1.807, 2.05) is 19.9 Å². The second-order valence-corrected chi connectivity index (χ2v) is 8.07. The van der Waals surface area contributed by atoms with Crippen LogP contribution in [0.25, 0.3) is 0 Å². The van der Waals surface area contributed by atoms with Crippen LogP contribution in [0, 0.1) is 5.92 Å². The van der Waals surface area contributed by atoms with Crippen LogP contribution in [0.15, 0.2) is 36.8 Å². The molecule has 0 unspecified atom stereocenters.